The van der Waals surface area contributed by atoms with Gasteiger partial charge in [0.2, 0.25) is 5.91 Å². The number of amides is 1. The number of halogens is 1. The number of hydrogen-bond donors (Lipinski definition) is 1. The standard InChI is InChI=1S/C21H27ClN4OS/c1-17(24-21(27)16-28-15-18-5-4-6-19(22)13-18)14-25-9-11-26(12-10-25)20-7-2-3-8-23-20/h2-8,13,17H,9-12,14-16H2,1H3,(H,24,27). The lowest BCUT2D eigenvalue weighted by molar-refractivity contribution is -0.119. The van der Waals surface area contributed by atoms with Crippen molar-refractivity contribution in [2.45, 2.75) is 18.7 Å². The normalized spacial score (nSPS) is 16.0. The smallest absolute Gasteiger partial charge is 0.230 e. The van der Waals surface area contributed by atoms with Crippen LogP contribution in [0.15, 0.2) is 48.7 Å². The van der Waals surface area contributed by atoms with Crippen LogP contribution in [0.5, 0.6) is 0 Å². The molecule has 0 saturated carbocycles. The van der Waals surface area contributed by atoms with Crippen molar-refractivity contribution in [3.63, 3.8) is 0 Å². The highest BCUT2D eigenvalue weighted by Crippen LogP contribution is 2.16. The first-order chi connectivity index (χ1) is 13.6. The average molecular weight is 419 g/mol. The van der Waals surface area contributed by atoms with Gasteiger partial charge in [0.25, 0.3) is 0 Å². The fourth-order valence-corrected chi connectivity index (χ4v) is 4.34. The summed E-state index contributed by atoms with van der Waals surface area (Å²) in [5.74, 6) is 2.38. The van der Waals surface area contributed by atoms with Crippen LogP contribution in [0.4, 0.5) is 5.82 Å². The van der Waals surface area contributed by atoms with Crippen molar-refractivity contribution in [3.05, 3.63) is 59.2 Å². The van der Waals surface area contributed by atoms with Crippen molar-refractivity contribution in [2.24, 2.45) is 0 Å². The van der Waals surface area contributed by atoms with Crippen LogP contribution in [-0.2, 0) is 10.5 Å². The number of carbonyl (C=O) groups excluding carboxylic acids is 1. The van der Waals surface area contributed by atoms with Gasteiger partial charge < -0.3 is 10.2 Å². The molecule has 0 bridgehead atoms. The maximum atomic E-state index is 12.2. The molecule has 1 aliphatic rings. The molecule has 1 N–H and O–H groups in total. The summed E-state index contributed by atoms with van der Waals surface area (Å²) in [6.45, 7) is 6.85. The SMILES string of the molecule is CC(CN1CCN(c2ccccn2)CC1)NC(=O)CSCc1cccc(Cl)c1. The van der Waals surface area contributed by atoms with E-state index >= 15 is 0 Å². The summed E-state index contributed by atoms with van der Waals surface area (Å²) in [5.41, 5.74) is 1.14. The van der Waals surface area contributed by atoms with Gasteiger partial charge in [-0.3, -0.25) is 9.69 Å². The molecule has 1 unspecified atom stereocenters. The van der Waals surface area contributed by atoms with Crippen molar-refractivity contribution in [1.29, 1.82) is 0 Å². The summed E-state index contributed by atoms with van der Waals surface area (Å²) < 4.78 is 0. The highest BCUT2D eigenvalue weighted by Gasteiger charge is 2.19. The van der Waals surface area contributed by atoms with Gasteiger partial charge >= 0.3 is 0 Å². The lowest BCUT2D eigenvalue weighted by Crippen LogP contribution is -2.51. The number of rotatable bonds is 8. The predicted molar refractivity (Wildman–Crippen MR) is 118 cm³/mol. The third kappa shape index (κ3) is 6.69. The number of aromatic nitrogens is 1. The second-order valence-electron chi connectivity index (χ2n) is 7.07. The number of piperazine rings is 1. The number of nitrogens with one attached hydrogen (secondary N) is 1. The van der Waals surface area contributed by atoms with Gasteiger partial charge in [-0.25, -0.2) is 4.98 Å². The number of benzene rings is 1. The number of nitrogens with zero attached hydrogens (tertiary/aromatic N) is 3. The molecule has 0 aliphatic carbocycles. The number of thioether (sulfide) groups is 1. The third-order valence-corrected chi connectivity index (χ3v) is 5.91. The van der Waals surface area contributed by atoms with Crippen LogP contribution in [0, 0.1) is 0 Å². The Kier molecular flexibility index (Phi) is 8.01. The largest absolute Gasteiger partial charge is 0.354 e. The molecule has 1 fully saturated rings. The first-order valence-electron chi connectivity index (χ1n) is 9.60. The minimum Gasteiger partial charge on any atom is -0.354 e. The molecule has 0 radical (unpaired) electrons. The van der Waals surface area contributed by atoms with Crippen molar-refractivity contribution >= 4 is 35.1 Å². The lowest BCUT2D eigenvalue weighted by Gasteiger charge is -2.36. The second-order valence-corrected chi connectivity index (χ2v) is 8.49. The molecule has 1 aromatic heterocycles. The molecule has 1 aromatic carbocycles. The van der Waals surface area contributed by atoms with Crippen LogP contribution in [0.25, 0.3) is 0 Å². The van der Waals surface area contributed by atoms with Crippen LogP contribution >= 0.6 is 23.4 Å². The summed E-state index contributed by atoms with van der Waals surface area (Å²) >= 11 is 7.60. The minimum absolute atomic E-state index is 0.0895. The summed E-state index contributed by atoms with van der Waals surface area (Å²) in [6, 6.07) is 13.9. The maximum Gasteiger partial charge on any atom is 0.230 e. The molecule has 5 nitrogen and oxygen atoms in total. The third-order valence-electron chi connectivity index (χ3n) is 4.68. The molecule has 1 amide bonds. The zero-order valence-electron chi connectivity index (χ0n) is 16.2. The van der Waals surface area contributed by atoms with Crippen molar-refractivity contribution in [3.8, 4) is 0 Å². The van der Waals surface area contributed by atoms with Crippen LogP contribution in [-0.4, -0.2) is 60.3 Å². The Labute approximate surface area is 176 Å². The Morgan fingerprint density at radius 1 is 1.21 bits per heavy atom. The Morgan fingerprint density at radius 2 is 2.04 bits per heavy atom. The van der Waals surface area contributed by atoms with E-state index in [9.17, 15) is 4.79 Å². The van der Waals surface area contributed by atoms with Gasteiger partial charge in [0, 0.05) is 55.7 Å². The van der Waals surface area contributed by atoms with Gasteiger partial charge in [0.15, 0.2) is 0 Å². The van der Waals surface area contributed by atoms with Crippen molar-refractivity contribution < 1.29 is 4.79 Å². The monoisotopic (exact) mass is 418 g/mol. The van der Waals surface area contributed by atoms with E-state index in [0.29, 0.717) is 5.75 Å². The van der Waals surface area contributed by atoms with Crippen molar-refractivity contribution in [1.82, 2.24) is 15.2 Å². The second kappa shape index (κ2) is 10.7. The van der Waals surface area contributed by atoms with E-state index < -0.39 is 0 Å². The van der Waals surface area contributed by atoms with Gasteiger partial charge in [0.1, 0.15) is 5.82 Å². The molecule has 7 heteroatoms. The van der Waals surface area contributed by atoms with E-state index in [2.05, 4.69) is 33.1 Å². The summed E-state index contributed by atoms with van der Waals surface area (Å²) in [6.07, 6.45) is 1.84. The molecular weight excluding hydrogens is 392 g/mol. The molecule has 1 atom stereocenters. The van der Waals surface area contributed by atoms with Gasteiger partial charge in [-0.05, 0) is 36.8 Å². The van der Waals surface area contributed by atoms with Gasteiger partial charge in [-0.1, -0.05) is 29.8 Å². The van der Waals surface area contributed by atoms with E-state index in [1.165, 1.54) is 0 Å². The Morgan fingerprint density at radius 3 is 2.75 bits per heavy atom. The van der Waals surface area contributed by atoms with E-state index in [1.807, 2.05) is 42.6 Å². The van der Waals surface area contributed by atoms with Crippen LogP contribution in [0.1, 0.15) is 12.5 Å². The molecular formula is C21H27ClN4OS. The Hall–Kier alpha value is -1.76. The Balaban J connectivity index is 1.33. The fraction of sp³-hybridized carbons (Fsp3) is 0.429. The number of pyridine rings is 1. The molecule has 1 saturated heterocycles. The minimum atomic E-state index is 0.0895. The molecule has 1 aliphatic heterocycles. The van der Waals surface area contributed by atoms with Crippen LogP contribution in [0.2, 0.25) is 5.02 Å². The fourth-order valence-electron chi connectivity index (χ4n) is 3.34. The zero-order chi connectivity index (χ0) is 19.8. The van der Waals surface area contributed by atoms with Crippen LogP contribution < -0.4 is 10.2 Å². The topological polar surface area (TPSA) is 48.5 Å². The predicted octanol–water partition coefficient (Wildman–Crippen LogP) is 3.30. The van der Waals surface area contributed by atoms with E-state index in [1.54, 1.807) is 11.8 Å². The molecule has 150 valence electrons. The van der Waals surface area contributed by atoms with Crippen LogP contribution in [0.3, 0.4) is 0 Å². The van der Waals surface area contributed by atoms with E-state index in [0.717, 1.165) is 54.9 Å². The average Bonchev–Trinajstić information content (AvgIpc) is 2.69. The lowest BCUT2D eigenvalue weighted by atomic mass is 10.2. The molecule has 0 spiro atoms. The summed E-state index contributed by atoms with van der Waals surface area (Å²) in [7, 11) is 0. The van der Waals surface area contributed by atoms with Gasteiger partial charge in [0.05, 0.1) is 5.75 Å². The molecule has 2 heterocycles. The quantitative estimate of drug-likeness (QED) is 0.712. The summed E-state index contributed by atoms with van der Waals surface area (Å²) in [4.78, 5) is 21.3. The molecule has 28 heavy (non-hydrogen) atoms. The molecule has 3 rings (SSSR count). The van der Waals surface area contributed by atoms with Crippen molar-refractivity contribution in [2.75, 3.05) is 43.4 Å². The number of carbonyl (C=O) groups is 1. The maximum absolute atomic E-state index is 12.2. The van der Waals surface area contributed by atoms with Gasteiger partial charge in [-0.15, -0.1) is 11.8 Å². The summed E-state index contributed by atoms with van der Waals surface area (Å²) in [5, 5.41) is 3.85. The number of hydrogen-bond acceptors (Lipinski definition) is 5. The number of anilines is 1. The van der Waals surface area contributed by atoms with Gasteiger partial charge in [-0.2, -0.15) is 0 Å². The van der Waals surface area contributed by atoms with E-state index in [-0.39, 0.29) is 11.9 Å². The highest BCUT2D eigenvalue weighted by molar-refractivity contribution is 7.99. The Bertz CT molecular complexity index is 753. The zero-order valence-corrected chi connectivity index (χ0v) is 17.8. The first kappa shape index (κ1) is 21.0. The highest BCUT2D eigenvalue weighted by atomic mass is 35.5. The molecule has 2 aromatic rings. The first-order valence-corrected chi connectivity index (χ1v) is 11.1. The van der Waals surface area contributed by atoms with E-state index in [4.69, 9.17) is 11.6 Å².